The zero-order valence-electron chi connectivity index (χ0n) is 11.2. The van der Waals surface area contributed by atoms with E-state index in [0.717, 1.165) is 0 Å². The van der Waals surface area contributed by atoms with Crippen LogP contribution >= 0.6 is 11.6 Å². The Morgan fingerprint density at radius 2 is 2.05 bits per heavy atom. The molecule has 1 heterocycles. The van der Waals surface area contributed by atoms with Gasteiger partial charge in [0.15, 0.2) is 17.4 Å². The van der Waals surface area contributed by atoms with Crippen LogP contribution in [-0.4, -0.2) is 20.5 Å². The molecule has 21 heavy (non-hydrogen) atoms. The van der Waals surface area contributed by atoms with E-state index < -0.39 is 15.8 Å². The molecule has 112 valence electrons. The summed E-state index contributed by atoms with van der Waals surface area (Å²) in [6.45, 7) is 1.35. The van der Waals surface area contributed by atoms with E-state index in [-0.39, 0.29) is 27.0 Å². The molecule has 1 aromatic heterocycles. The number of benzene rings is 1. The molecular weight excluding hydrogens is 319 g/mol. The van der Waals surface area contributed by atoms with Crippen molar-refractivity contribution in [3.63, 3.8) is 0 Å². The molecule has 0 unspecified atom stereocenters. The van der Waals surface area contributed by atoms with Crippen molar-refractivity contribution >= 4 is 27.4 Å². The molecule has 2 aromatic rings. The van der Waals surface area contributed by atoms with Gasteiger partial charge in [0, 0.05) is 11.8 Å². The summed E-state index contributed by atoms with van der Waals surface area (Å²) in [7, 11) is -2.70. The fourth-order valence-electron chi connectivity index (χ4n) is 1.73. The zero-order valence-corrected chi connectivity index (χ0v) is 12.8. The third-order valence-electron chi connectivity index (χ3n) is 2.80. The molecule has 0 aliphatic rings. The normalized spacial score (nSPS) is 11.2. The number of nitrogens with one attached hydrogen (secondary N) is 1. The highest BCUT2D eigenvalue weighted by atomic mass is 35.5. The summed E-state index contributed by atoms with van der Waals surface area (Å²) in [5.41, 5.74) is -0.0473. The lowest BCUT2D eigenvalue weighted by Gasteiger charge is -2.12. The standard InChI is InChI=1S/C13H12ClFN2O3S/c1-8-11(6-5-10(20-2)12(8)15)21(18,19)17-13-9(14)4-3-7-16-13/h3-7H,1-2H3,(H,16,17). The quantitative estimate of drug-likeness (QED) is 0.935. The average molecular weight is 331 g/mol. The molecular formula is C13H12ClFN2O3S. The molecule has 8 heteroatoms. The third-order valence-corrected chi connectivity index (χ3v) is 4.59. The topological polar surface area (TPSA) is 68.3 Å². The maximum absolute atomic E-state index is 14.0. The molecule has 1 aromatic carbocycles. The zero-order chi connectivity index (χ0) is 15.6. The Kier molecular flexibility index (Phi) is 4.34. The molecule has 0 radical (unpaired) electrons. The van der Waals surface area contributed by atoms with Gasteiger partial charge < -0.3 is 4.74 Å². The molecule has 0 aliphatic heterocycles. The van der Waals surface area contributed by atoms with Gasteiger partial charge >= 0.3 is 0 Å². The van der Waals surface area contributed by atoms with Crippen LogP contribution in [0.5, 0.6) is 5.75 Å². The lowest BCUT2D eigenvalue weighted by Crippen LogP contribution is -2.16. The monoisotopic (exact) mass is 330 g/mol. The second-order valence-corrected chi connectivity index (χ2v) is 6.20. The molecule has 0 atom stereocenters. The van der Waals surface area contributed by atoms with Gasteiger partial charge in [-0.05, 0) is 31.2 Å². The Bertz CT molecular complexity index is 781. The van der Waals surface area contributed by atoms with E-state index in [0.29, 0.717) is 0 Å². The fraction of sp³-hybridized carbons (Fsp3) is 0.154. The lowest BCUT2D eigenvalue weighted by molar-refractivity contribution is 0.384. The van der Waals surface area contributed by atoms with Gasteiger partial charge in [0.05, 0.1) is 17.0 Å². The number of nitrogens with zero attached hydrogens (tertiary/aromatic N) is 1. The predicted molar refractivity (Wildman–Crippen MR) is 77.7 cm³/mol. The number of sulfonamides is 1. The molecule has 0 amide bonds. The van der Waals surface area contributed by atoms with Crippen LogP contribution in [0.3, 0.4) is 0 Å². The van der Waals surface area contributed by atoms with Gasteiger partial charge in [0.25, 0.3) is 10.0 Å². The van der Waals surface area contributed by atoms with E-state index in [4.69, 9.17) is 16.3 Å². The molecule has 0 aliphatic carbocycles. The van der Waals surface area contributed by atoms with Crippen LogP contribution in [0.25, 0.3) is 0 Å². The second kappa shape index (κ2) is 5.87. The summed E-state index contributed by atoms with van der Waals surface area (Å²) in [6.07, 6.45) is 1.39. The van der Waals surface area contributed by atoms with Gasteiger partial charge in [-0.15, -0.1) is 0 Å². The Morgan fingerprint density at radius 3 is 2.67 bits per heavy atom. The van der Waals surface area contributed by atoms with E-state index in [1.165, 1.54) is 38.4 Å². The summed E-state index contributed by atoms with van der Waals surface area (Å²) in [4.78, 5) is 3.63. The number of hydrogen-bond donors (Lipinski definition) is 1. The number of ether oxygens (including phenoxy) is 1. The van der Waals surface area contributed by atoms with Gasteiger partial charge in [-0.1, -0.05) is 11.6 Å². The van der Waals surface area contributed by atoms with Gasteiger partial charge in [-0.25, -0.2) is 17.8 Å². The minimum Gasteiger partial charge on any atom is -0.494 e. The van der Waals surface area contributed by atoms with Gasteiger partial charge in [0.2, 0.25) is 0 Å². The van der Waals surface area contributed by atoms with Crippen molar-refractivity contribution in [1.29, 1.82) is 0 Å². The minimum atomic E-state index is -4.01. The van der Waals surface area contributed by atoms with E-state index in [2.05, 4.69) is 9.71 Å². The highest BCUT2D eigenvalue weighted by Gasteiger charge is 2.22. The molecule has 0 bridgehead atoms. The molecule has 0 saturated carbocycles. The van der Waals surface area contributed by atoms with Crippen LogP contribution in [0, 0.1) is 12.7 Å². The first-order valence-corrected chi connectivity index (χ1v) is 7.69. The second-order valence-electron chi connectivity index (χ2n) is 4.14. The first-order valence-electron chi connectivity index (χ1n) is 5.83. The van der Waals surface area contributed by atoms with E-state index in [1.54, 1.807) is 6.07 Å². The Hall–Kier alpha value is -1.86. The number of halogens is 2. The molecule has 0 fully saturated rings. The number of methoxy groups -OCH3 is 1. The third kappa shape index (κ3) is 3.08. The Morgan fingerprint density at radius 1 is 1.33 bits per heavy atom. The fourth-order valence-corrected chi connectivity index (χ4v) is 3.23. The summed E-state index contributed by atoms with van der Waals surface area (Å²) in [6, 6.07) is 5.57. The smallest absolute Gasteiger partial charge is 0.263 e. The van der Waals surface area contributed by atoms with Gasteiger partial charge in [-0.3, -0.25) is 4.72 Å². The first-order chi connectivity index (χ1) is 9.86. The van der Waals surface area contributed by atoms with Gasteiger partial charge in [0.1, 0.15) is 0 Å². The van der Waals surface area contributed by atoms with Crippen molar-refractivity contribution in [2.45, 2.75) is 11.8 Å². The molecule has 5 nitrogen and oxygen atoms in total. The number of pyridine rings is 1. The highest BCUT2D eigenvalue weighted by molar-refractivity contribution is 7.92. The summed E-state index contributed by atoms with van der Waals surface area (Å²) in [5.74, 6) is -0.774. The number of rotatable bonds is 4. The minimum absolute atomic E-state index is 0.0187. The molecule has 0 spiro atoms. The van der Waals surface area contributed by atoms with E-state index in [9.17, 15) is 12.8 Å². The Labute approximate surface area is 126 Å². The van der Waals surface area contributed by atoms with Crippen molar-refractivity contribution in [2.75, 3.05) is 11.8 Å². The van der Waals surface area contributed by atoms with Crippen LogP contribution in [0.15, 0.2) is 35.4 Å². The lowest BCUT2D eigenvalue weighted by atomic mass is 10.2. The first kappa shape index (κ1) is 15.5. The van der Waals surface area contributed by atoms with Crippen LogP contribution in [0.2, 0.25) is 5.02 Å². The summed E-state index contributed by atoms with van der Waals surface area (Å²) >= 11 is 5.85. The number of anilines is 1. The van der Waals surface area contributed by atoms with Crippen molar-refractivity contribution in [1.82, 2.24) is 4.98 Å². The van der Waals surface area contributed by atoms with Crippen LogP contribution in [0.1, 0.15) is 5.56 Å². The van der Waals surface area contributed by atoms with Crippen LogP contribution in [-0.2, 0) is 10.0 Å². The summed E-state index contributed by atoms with van der Waals surface area (Å²) < 4.78 is 45.6. The van der Waals surface area contributed by atoms with E-state index in [1.807, 2.05) is 0 Å². The SMILES string of the molecule is COc1ccc(S(=O)(=O)Nc2ncccc2Cl)c(C)c1F. The number of hydrogen-bond acceptors (Lipinski definition) is 4. The maximum Gasteiger partial charge on any atom is 0.263 e. The van der Waals surface area contributed by atoms with Gasteiger partial charge in [-0.2, -0.15) is 0 Å². The number of aromatic nitrogens is 1. The average Bonchev–Trinajstić information content (AvgIpc) is 2.44. The highest BCUT2D eigenvalue weighted by Crippen LogP contribution is 2.28. The predicted octanol–water partition coefficient (Wildman–Crippen LogP) is 2.99. The van der Waals surface area contributed by atoms with Crippen molar-refractivity contribution in [3.8, 4) is 5.75 Å². The molecule has 0 saturated heterocycles. The molecule has 2 rings (SSSR count). The summed E-state index contributed by atoms with van der Waals surface area (Å²) in [5, 5.41) is 0.146. The van der Waals surface area contributed by atoms with E-state index >= 15 is 0 Å². The maximum atomic E-state index is 14.0. The Balaban J connectivity index is 2.46. The van der Waals surface area contributed by atoms with Crippen molar-refractivity contribution in [2.24, 2.45) is 0 Å². The van der Waals surface area contributed by atoms with Crippen LogP contribution in [0.4, 0.5) is 10.2 Å². The molecule has 1 N–H and O–H groups in total. The van der Waals surface area contributed by atoms with Crippen LogP contribution < -0.4 is 9.46 Å². The van der Waals surface area contributed by atoms with Crippen molar-refractivity contribution in [3.05, 3.63) is 46.9 Å². The largest absolute Gasteiger partial charge is 0.494 e. The van der Waals surface area contributed by atoms with Crippen molar-refractivity contribution < 1.29 is 17.5 Å².